The molecule has 1 N–H and O–H groups in total. The van der Waals surface area contributed by atoms with Gasteiger partial charge in [0.2, 0.25) is 0 Å². The third kappa shape index (κ3) is 5.42. The Morgan fingerprint density at radius 1 is 1.06 bits per heavy atom. The van der Waals surface area contributed by atoms with Gasteiger partial charge in [0.1, 0.15) is 17.3 Å². The van der Waals surface area contributed by atoms with Gasteiger partial charge in [-0.25, -0.2) is 0 Å². The Bertz CT molecular complexity index is 1080. The fourth-order valence-corrected chi connectivity index (χ4v) is 4.23. The van der Waals surface area contributed by atoms with E-state index >= 15 is 0 Å². The monoisotopic (exact) mass is 466 g/mol. The average Bonchev–Trinajstić information content (AvgIpc) is 3.05. The van der Waals surface area contributed by atoms with Gasteiger partial charge in [-0.3, -0.25) is 9.59 Å². The van der Waals surface area contributed by atoms with Crippen LogP contribution >= 0.6 is 0 Å². The molecule has 34 heavy (non-hydrogen) atoms. The number of ether oxygens (including phenoxy) is 2. The molecule has 0 radical (unpaired) electrons. The molecule has 3 rings (SSSR count). The lowest BCUT2D eigenvalue weighted by molar-refractivity contribution is -0.139. The summed E-state index contributed by atoms with van der Waals surface area (Å²) in [5.74, 6) is -0.109. The number of Topliss-reactive ketones (excluding diaryl/α,β-unsaturated/α-hetero) is 1. The second-order valence-electron chi connectivity index (χ2n) is 8.57. The molecule has 1 aliphatic heterocycles. The zero-order valence-corrected chi connectivity index (χ0v) is 20.6. The summed E-state index contributed by atoms with van der Waals surface area (Å²) in [6, 6.07) is 11.9. The quantitative estimate of drug-likeness (QED) is 0.322. The SMILES string of the molecule is CCOc1cccc(C2/C(=C(\O)c3ccc(OCC)c(C)c3)C(=O)C(=O)N2CCCN(C)C)c1. The molecule has 1 heterocycles. The molecule has 2 aromatic rings. The van der Waals surface area contributed by atoms with Gasteiger partial charge in [-0.05, 0) is 89.3 Å². The molecular weight excluding hydrogens is 432 g/mol. The summed E-state index contributed by atoms with van der Waals surface area (Å²) in [6.07, 6.45) is 0.698. The van der Waals surface area contributed by atoms with Crippen molar-refractivity contribution in [2.24, 2.45) is 0 Å². The van der Waals surface area contributed by atoms with E-state index in [1.54, 1.807) is 23.1 Å². The first-order chi connectivity index (χ1) is 16.3. The van der Waals surface area contributed by atoms with Gasteiger partial charge in [0, 0.05) is 12.1 Å². The van der Waals surface area contributed by atoms with Crippen LogP contribution in [0.25, 0.3) is 5.76 Å². The van der Waals surface area contributed by atoms with Crippen LogP contribution in [0.1, 0.15) is 43.0 Å². The molecule has 1 fully saturated rings. The molecule has 1 aliphatic rings. The Morgan fingerprint density at radius 2 is 1.79 bits per heavy atom. The molecule has 0 saturated carbocycles. The zero-order chi connectivity index (χ0) is 24.8. The summed E-state index contributed by atoms with van der Waals surface area (Å²) < 4.78 is 11.2. The molecule has 0 aromatic heterocycles. The smallest absolute Gasteiger partial charge is 0.295 e. The van der Waals surface area contributed by atoms with Crippen molar-refractivity contribution in [1.29, 1.82) is 0 Å². The summed E-state index contributed by atoms with van der Waals surface area (Å²) in [7, 11) is 3.93. The third-order valence-electron chi connectivity index (χ3n) is 5.78. The minimum atomic E-state index is -0.700. The fourth-order valence-electron chi connectivity index (χ4n) is 4.23. The van der Waals surface area contributed by atoms with Gasteiger partial charge in [-0.2, -0.15) is 0 Å². The predicted octanol–water partition coefficient (Wildman–Crippen LogP) is 4.17. The number of carbonyl (C=O) groups excluding carboxylic acids is 2. The van der Waals surface area contributed by atoms with Gasteiger partial charge in [0.25, 0.3) is 11.7 Å². The Hall–Kier alpha value is -3.32. The number of aliphatic hydroxyl groups excluding tert-OH is 1. The third-order valence-corrected chi connectivity index (χ3v) is 5.78. The van der Waals surface area contributed by atoms with Crippen molar-refractivity contribution in [2.75, 3.05) is 40.4 Å². The molecule has 0 bridgehead atoms. The molecule has 182 valence electrons. The first kappa shape index (κ1) is 25.3. The van der Waals surface area contributed by atoms with E-state index < -0.39 is 17.7 Å². The summed E-state index contributed by atoms with van der Waals surface area (Å²) in [4.78, 5) is 29.9. The average molecular weight is 467 g/mol. The highest BCUT2D eigenvalue weighted by Crippen LogP contribution is 2.40. The highest BCUT2D eigenvalue weighted by atomic mass is 16.5. The van der Waals surface area contributed by atoms with E-state index in [9.17, 15) is 14.7 Å². The van der Waals surface area contributed by atoms with E-state index in [2.05, 4.69) is 0 Å². The summed E-state index contributed by atoms with van der Waals surface area (Å²) in [6.45, 7) is 7.87. The van der Waals surface area contributed by atoms with Gasteiger partial charge in [0.05, 0.1) is 24.8 Å². The number of hydrogen-bond acceptors (Lipinski definition) is 6. The second-order valence-corrected chi connectivity index (χ2v) is 8.57. The molecular formula is C27H34N2O5. The first-order valence-corrected chi connectivity index (χ1v) is 11.7. The molecule has 1 amide bonds. The van der Waals surface area contributed by atoms with Crippen LogP contribution in [0.4, 0.5) is 0 Å². The van der Waals surface area contributed by atoms with Crippen molar-refractivity contribution in [1.82, 2.24) is 9.80 Å². The fraction of sp³-hybridized carbons (Fsp3) is 0.407. The zero-order valence-electron chi connectivity index (χ0n) is 20.6. The van der Waals surface area contributed by atoms with Crippen LogP contribution in [-0.2, 0) is 9.59 Å². The molecule has 1 saturated heterocycles. The highest BCUT2D eigenvalue weighted by molar-refractivity contribution is 6.46. The van der Waals surface area contributed by atoms with E-state index in [4.69, 9.17) is 9.47 Å². The van der Waals surface area contributed by atoms with Gasteiger partial charge in [0.15, 0.2) is 0 Å². The molecule has 0 spiro atoms. The Balaban J connectivity index is 2.10. The van der Waals surface area contributed by atoms with Crippen molar-refractivity contribution in [3.63, 3.8) is 0 Å². The van der Waals surface area contributed by atoms with Crippen LogP contribution in [0.3, 0.4) is 0 Å². The lowest BCUT2D eigenvalue weighted by Gasteiger charge is -2.26. The predicted molar refractivity (Wildman–Crippen MR) is 132 cm³/mol. The van der Waals surface area contributed by atoms with E-state index in [1.807, 2.05) is 64.0 Å². The van der Waals surface area contributed by atoms with Crippen LogP contribution in [0.15, 0.2) is 48.0 Å². The number of benzene rings is 2. The topological polar surface area (TPSA) is 79.3 Å². The van der Waals surface area contributed by atoms with Gasteiger partial charge >= 0.3 is 0 Å². The number of likely N-dealkylation sites (tertiary alicyclic amines) is 1. The molecule has 7 heteroatoms. The number of hydrogen-bond donors (Lipinski definition) is 1. The maximum Gasteiger partial charge on any atom is 0.295 e. The second kappa shape index (κ2) is 11.2. The van der Waals surface area contributed by atoms with Crippen molar-refractivity contribution < 1.29 is 24.2 Å². The number of nitrogens with zero attached hydrogens (tertiary/aromatic N) is 2. The van der Waals surface area contributed by atoms with Crippen molar-refractivity contribution >= 4 is 17.4 Å². The Morgan fingerprint density at radius 3 is 2.44 bits per heavy atom. The van der Waals surface area contributed by atoms with Crippen molar-refractivity contribution in [3.05, 3.63) is 64.7 Å². The lowest BCUT2D eigenvalue weighted by atomic mass is 9.94. The number of ketones is 1. The number of rotatable bonds is 10. The van der Waals surface area contributed by atoms with Crippen LogP contribution in [0.5, 0.6) is 11.5 Å². The van der Waals surface area contributed by atoms with Crippen molar-refractivity contribution in [3.8, 4) is 11.5 Å². The number of carbonyl (C=O) groups is 2. The van der Waals surface area contributed by atoms with Crippen molar-refractivity contribution in [2.45, 2.75) is 33.2 Å². The summed E-state index contributed by atoms with van der Waals surface area (Å²) in [5, 5.41) is 11.3. The van der Waals surface area contributed by atoms with Gasteiger partial charge in [-0.1, -0.05) is 12.1 Å². The normalized spacial score (nSPS) is 17.5. The first-order valence-electron chi connectivity index (χ1n) is 11.7. The minimum absolute atomic E-state index is 0.0899. The highest BCUT2D eigenvalue weighted by Gasteiger charge is 2.45. The largest absolute Gasteiger partial charge is 0.507 e. The number of aryl methyl sites for hydroxylation is 1. The van der Waals surface area contributed by atoms with Gasteiger partial charge < -0.3 is 24.4 Å². The van der Waals surface area contributed by atoms with Crippen LogP contribution < -0.4 is 9.47 Å². The Labute approximate surface area is 201 Å². The molecule has 0 aliphatic carbocycles. The van der Waals surface area contributed by atoms with Gasteiger partial charge in [-0.15, -0.1) is 0 Å². The van der Waals surface area contributed by atoms with Crippen LogP contribution in [-0.4, -0.2) is 67.0 Å². The van der Waals surface area contributed by atoms with Crippen LogP contribution in [0, 0.1) is 6.92 Å². The standard InChI is InChI=1S/C27H34N2O5/c1-6-33-21-11-8-10-19(17-21)24-23(26(31)27(32)29(24)15-9-14-28(4)5)25(30)20-12-13-22(34-7-2)18(3)16-20/h8,10-13,16-17,24,30H,6-7,9,14-15H2,1-5H3/b25-23+. The summed E-state index contributed by atoms with van der Waals surface area (Å²) in [5.41, 5.74) is 2.12. The summed E-state index contributed by atoms with van der Waals surface area (Å²) >= 11 is 0. The number of amides is 1. The maximum atomic E-state index is 13.2. The number of aliphatic hydroxyl groups is 1. The molecule has 2 aromatic carbocycles. The Kier molecular flexibility index (Phi) is 8.34. The maximum absolute atomic E-state index is 13.2. The molecule has 7 nitrogen and oxygen atoms in total. The molecule has 1 unspecified atom stereocenters. The van der Waals surface area contributed by atoms with Crippen LogP contribution in [0.2, 0.25) is 0 Å². The minimum Gasteiger partial charge on any atom is -0.507 e. The van der Waals surface area contributed by atoms with E-state index in [0.29, 0.717) is 43.2 Å². The lowest BCUT2D eigenvalue weighted by Crippen LogP contribution is -2.32. The molecule has 1 atom stereocenters. The van der Waals surface area contributed by atoms with E-state index in [-0.39, 0.29) is 11.3 Å². The van der Waals surface area contributed by atoms with E-state index in [0.717, 1.165) is 17.7 Å². The van der Waals surface area contributed by atoms with E-state index in [1.165, 1.54) is 0 Å².